The third-order valence-electron chi connectivity index (χ3n) is 4.27. The summed E-state index contributed by atoms with van der Waals surface area (Å²) in [5, 5.41) is 0. The topological polar surface area (TPSA) is 0 Å². The predicted octanol–water partition coefficient (Wildman–Crippen LogP) is 5.74. The van der Waals surface area contributed by atoms with E-state index in [1.54, 1.807) is 0 Å². The van der Waals surface area contributed by atoms with Crippen LogP contribution in [-0.2, 0) is 5.41 Å². The lowest BCUT2D eigenvalue weighted by Crippen LogP contribution is -2.18. The third kappa shape index (κ3) is 2.85. The molecule has 0 saturated carbocycles. The molecular weight excluding hydrogens is 240 g/mol. The van der Waals surface area contributed by atoms with E-state index in [1.165, 1.54) is 27.8 Å². The molecule has 0 radical (unpaired) electrons. The highest BCUT2D eigenvalue weighted by molar-refractivity contribution is 5.63. The Bertz CT molecular complexity index is 595. The van der Waals surface area contributed by atoms with Crippen LogP contribution in [-0.4, -0.2) is 0 Å². The zero-order valence-corrected chi connectivity index (χ0v) is 13.2. The maximum absolute atomic E-state index is 2.29. The van der Waals surface area contributed by atoms with Crippen LogP contribution in [0, 0.1) is 6.92 Å². The van der Waals surface area contributed by atoms with Crippen LogP contribution in [0.1, 0.15) is 49.9 Å². The summed E-state index contributed by atoms with van der Waals surface area (Å²) >= 11 is 0. The fourth-order valence-electron chi connectivity index (χ4n) is 2.45. The minimum Gasteiger partial charge on any atom is -0.0841 e. The van der Waals surface area contributed by atoms with Crippen molar-refractivity contribution in [2.24, 2.45) is 0 Å². The fraction of sp³-hybridized carbons (Fsp3) is 0.300. The molecule has 0 atom stereocenters. The average Bonchev–Trinajstić information content (AvgIpc) is 2.47. The van der Waals surface area contributed by atoms with Gasteiger partial charge in [0, 0.05) is 5.41 Å². The average molecular weight is 264 g/mol. The van der Waals surface area contributed by atoms with Gasteiger partial charge in [-0.05, 0) is 43.0 Å². The molecule has 2 aromatic rings. The molecule has 0 saturated heterocycles. The molecule has 104 valence electrons. The van der Waals surface area contributed by atoms with E-state index in [-0.39, 0.29) is 5.41 Å². The Hall–Kier alpha value is -1.82. The van der Waals surface area contributed by atoms with E-state index < -0.39 is 0 Å². The van der Waals surface area contributed by atoms with Gasteiger partial charge in [-0.25, -0.2) is 0 Å². The van der Waals surface area contributed by atoms with Gasteiger partial charge in [0.1, 0.15) is 0 Å². The molecule has 0 unspecified atom stereocenters. The zero-order valence-electron chi connectivity index (χ0n) is 13.2. The maximum atomic E-state index is 2.29. The van der Waals surface area contributed by atoms with Crippen molar-refractivity contribution in [3.63, 3.8) is 0 Å². The molecule has 0 N–H and O–H groups in total. The molecule has 20 heavy (non-hydrogen) atoms. The predicted molar refractivity (Wildman–Crippen MR) is 89.1 cm³/mol. The van der Waals surface area contributed by atoms with Gasteiger partial charge in [0.2, 0.25) is 0 Å². The maximum Gasteiger partial charge on any atom is 0.0146 e. The number of rotatable bonds is 3. The van der Waals surface area contributed by atoms with Gasteiger partial charge in [0.25, 0.3) is 0 Å². The first-order valence-electron chi connectivity index (χ1n) is 7.26. The zero-order chi connectivity index (χ0) is 14.8. The summed E-state index contributed by atoms with van der Waals surface area (Å²) in [4.78, 5) is 0. The van der Waals surface area contributed by atoms with E-state index >= 15 is 0 Å². The van der Waals surface area contributed by atoms with E-state index in [1.807, 2.05) is 0 Å². The standard InChI is InChI=1S/C20H24/c1-6-16(3)17-9-13-19(14-10-17)20(4,5)18-11-7-15(2)8-12-18/h6-14H,1-5H3. The van der Waals surface area contributed by atoms with Crippen LogP contribution < -0.4 is 0 Å². The fourth-order valence-corrected chi connectivity index (χ4v) is 2.45. The van der Waals surface area contributed by atoms with E-state index in [0.717, 1.165) is 0 Å². The molecule has 0 aromatic heterocycles. The second-order valence-electron chi connectivity index (χ2n) is 6.04. The summed E-state index contributed by atoms with van der Waals surface area (Å²) < 4.78 is 0. The Morgan fingerprint density at radius 1 is 0.850 bits per heavy atom. The molecule has 0 fully saturated rings. The largest absolute Gasteiger partial charge is 0.0841 e. The van der Waals surface area contributed by atoms with Gasteiger partial charge in [-0.15, -0.1) is 0 Å². The second-order valence-corrected chi connectivity index (χ2v) is 6.04. The molecule has 0 heteroatoms. The Morgan fingerprint density at radius 2 is 1.30 bits per heavy atom. The van der Waals surface area contributed by atoms with Crippen LogP contribution in [0.25, 0.3) is 5.57 Å². The molecule has 0 bridgehead atoms. The van der Waals surface area contributed by atoms with E-state index in [2.05, 4.69) is 89.2 Å². The highest BCUT2D eigenvalue weighted by Crippen LogP contribution is 2.32. The van der Waals surface area contributed by atoms with Crippen molar-refractivity contribution >= 4 is 5.57 Å². The SMILES string of the molecule is CC=C(C)c1ccc(C(C)(C)c2ccc(C)cc2)cc1. The third-order valence-corrected chi connectivity index (χ3v) is 4.27. The van der Waals surface area contributed by atoms with Gasteiger partial charge in [0.15, 0.2) is 0 Å². The van der Waals surface area contributed by atoms with Crippen LogP contribution >= 0.6 is 0 Å². The number of aryl methyl sites for hydroxylation is 1. The minimum atomic E-state index is 0.0378. The Morgan fingerprint density at radius 3 is 1.75 bits per heavy atom. The van der Waals surface area contributed by atoms with Gasteiger partial charge in [-0.1, -0.05) is 74.0 Å². The first kappa shape index (κ1) is 14.6. The Labute approximate surface area is 123 Å². The lowest BCUT2D eigenvalue weighted by atomic mass is 9.77. The smallest absolute Gasteiger partial charge is 0.0146 e. The van der Waals surface area contributed by atoms with Crippen molar-refractivity contribution in [3.05, 3.63) is 76.9 Å². The van der Waals surface area contributed by atoms with Gasteiger partial charge in [0.05, 0.1) is 0 Å². The normalized spacial score (nSPS) is 12.6. The van der Waals surface area contributed by atoms with Crippen LogP contribution in [0.3, 0.4) is 0 Å². The van der Waals surface area contributed by atoms with E-state index in [9.17, 15) is 0 Å². The summed E-state index contributed by atoms with van der Waals surface area (Å²) in [5.41, 5.74) is 6.69. The quantitative estimate of drug-likeness (QED) is 0.662. The Kier molecular flexibility index (Phi) is 4.13. The number of benzene rings is 2. The van der Waals surface area contributed by atoms with Gasteiger partial charge in [-0.3, -0.25) is 0 Å². The van der Waals surface area contributed by atoms with Crippen molar-refractivity contribution in [2.75, 3.05) is 0 Å². The highest BCUT2D eigenvalue weighted by Gasteiger charge is 2.22. The second kappa shape index (κ2) is 5.66. The molecule has 0 aliphatic carbocycles. The summed E-state index contributed by atoms with van der Waals surface area (Å²) in [6.07, 6.45) is 2.15. The molecule has 0 aliphatic rings. The van der Waals surface area contributed by atoms with Gasteiger partial charge >= 0.3 is 0 Å². The molecular formula is C20H24. The number of allylic oxidation sites excluding steroid dienone is 2. The van der Waals surface area contributed by atoms with Gasteiger partial charge < -0.3 is 0 Å². The molecule has 0 nitrogen and oxygen atoms in total. The Balaban J connectivity index is 2.36. The number of hydrogen-bond donors (Lipinski definition) is 0. The van der Waals surface area contributed by atoms with Crippen molar-refractivity contribution < 1.29 is 0 Å². The number of hydrogen-bond acceptors (Lipinski definition) is 0. The summed E-state index contributed by atoms with van der Waals surface area (Å²) in [6, 6.07) is 17.8. The van der Waals surface area contributed by atoms with Gasteiger partial charge in [-0.2, -0.15) is 0 Å². The van der Waals surface area contributed by atoms with Crippen LogP contribution in [0.2, 0.25) is 0 Å². The summed E-state index contributed by atoms with van der Waals surface area (Å²) in [5.74, 6) is 0. The lowest BCUT2D eigenvalue weighted by molar-refractivity contribution is 0.640. The monoisotopic (exact) mass is 264 g/mol. The van der Waals surface area contributed by atoms with E-state index in [0.29, 0.717) is 0 Å². The lowest BCUT2D eigenvalue weighted by Gasteiger charge is -2.26. The van der Waals surface area contributed by atoms with Crippen molar-refractivity contribution in [2.45, 2.75) is 40.0 Å². The molecule has 2 aromatic carbocycles. The summed E-state index contributed by atoms with van der Waals surface area (Å²) in [7, 11) is 0. The first-order chi connectivity index (χ1) is 9.45. The van der Waals surface area contributed by atoms with Crippen molar-refractivity contribution in [3.8, 4) is 0 Å². The molecule has 2 rings (SSSR count). The first-order valence-corrected chi connectivity index (χ1v) is 7.26. The molecule has 0 spiro atoms. The van der Waals surface area contributed by atoms with E-state index in [4.69, 9.17) is 0 Å². The van der Waals surface area contributed by atoms with Crippen molar-refractivity contribution in [1.29, 1.82) is 0 Å². The van der Waals surface area contributed by atoms with Crippen LogP contribution in [0.4, 0.5) is 0 Å². The van der Waals surface area contributed by atoms with Crippen LogP contribution in [0.5, 0.6) is 0 Å². The highest BCUT2D eigenvalue weighted by atomic mass is 14.3. The molecule has 0 amide bonds. The van der Waals surface area contributed by atoms with Crippen LogP contribution in [0.15, 0.2) is 54.6 Å². The summed E-state index contributed by atoms with van der Waals surface area (Å²) in [6.45, 7) is 10.9. The minimum absolute atomic E-state index is 0.0378. The molecule has 0 aliphatic heterocycles. The molecule has 0 heterocycles. The van der Waals surface area contributed by atoms with Crippen molar-refractivity contribution in [1.82, 2.24) is 0 Å².